The van der Waals surface area contributed by atoms with Gasteiger partial charge in [-0.15, -0.1) is 22.7 Å². The summed E-state index contributed by atoms with van der Waals surface area (Å²) in [4.78, 5) is 0.772. The minimum absolute atomic E-state index is 0.416. The molecule has 1 saturated heterocycles. The third-order valence-corrected chi connectivity index (χ3v) is 6.71. The number of hydrogen-bond acceptors (Lipinski definition) is 7. The van der Waals surface area contributed by atoms with Crippen LogP contribution >= 0.6 is 22.7 Å². The Morgan fingerprint density at radius 2 is 1.77 bits per heavy atom. The van der Waals surface area contributed by atoms with E-state index in [4.69, 9.17) is 4.74 Å². The lowest BCUT2D eigenvalue weighted by Gasteiger charge is -2.39. The molecule has 2 aromatic heterocycles. The molecule has 1 aliphatic heterocycles. The van der Waals surface area contributed by atoms with Crippen LogP contribution in [-0.2, 0) is 11.2 Å². The van der Waals surface area contributed by atoms with Gasteiger partial charge in [0.1, 0.15) is 30.5 Å². The molecule has 1 fully saturated rings. The molecular formula is C19H20O5S2. The van der Waals surface area contributed by atoms with E-state index in [0.29, 0.717) is 0 Å². The molecule has 1 aliphatic rings. The number of benzene rings is 1. The van der Waals surface area contributed by atoms with Gasteiger partial charge in [-0.3, -0.25) is 0 Å². The van der Waals surface area contributed by atoms with Crippen molar-refractivity contribution in [3.8, 4) is 0 Å². The lowest BCUT2D eigenvalue weighted by Crippen LogP contribution is -2.55. The zero-order valence-corrected chi connectivity index (χ0v) is 15.5. The molecule has 3 heterocycles. The van der Waals surface area contributed by atoms with E-state index < -0.39 is 37.1 Å². The normalized spacial score (nSPS) is 29.3. The minimum Gasteiger partial charge on any atom is -0.394 e. The fraction of sp³-hybridized carbons (Fsp3) is 0.368. The van der Waals surface area contributed by atoms with Gasteiger partial charge in [-0.1, -0.05) is 6.07 Å². The van der Waals surface area contributed by atoms with Crippen LogP contribution in [0.1, 0.15) is 22.1 Å². The number of aliphatic hydroxyl groups excluding tert-OH is 4. The molecule has 0 radical (unpaired) electrons. The van der Waals surface area contributed by atoms with Gasteiger partial charge in [0.15, 0.2) is 0 Å². The highest BCUT2D eigenvalue weighted by molar-refractivity contribution is 7.17. The van der Waals surface area contributed by atoms with E-state index in [9.17, 15) is 20.4 Å². The Balaban J connectivity index is 1.53. The number of fused-ring (bicyclic) bond motifs is 1. The maximum atomic E-state index is 10.3. The maximum Gasteiger partial charge on any atom is 0.121 e. The summed E-state index contributed by atoms with van der Waals surface area (Å²) in [5.41, 5.74) is 2.30. The monoisotopic (exact) mass is 392 g/mol. The number of hydrogen-bond donors (Lipinski definition) is 4. The van der Waals surface area contributed by atoms with Crippen LogP contribution in [-0.4, -0.2) is 51.4 Å². The molecule has 138 valence electrons. The predicted molar refractivity (Wildman–Crippen MR) is 102 cm³/mol. The third-order valence-electron chi connectivity index (χ3n) is 4.77. The molecule has 26 heavy (non-hydrogen) atoms. The minimum atomic E-state index is -1.35. The fourth-order valence-electron chi connectivity index (χ4n) is 3.33. The summed E-state index contributed by atoms with van der Waals surface area (Å²) >= 11 is 3.16. The van der Waals surface area contributed by atoms with Crippen molar-refractivity contribution in [1.29, 1.82) is 0 Å². The molecular weight excluding hydrogens is 372 g/mol. The molecule has 0 saturated carbocycles. The Kier molecular flexibility index (Phi) is 5.11. The molecule has 0 spiro atoms. The molecule has 0 bridgehead atoms. The van der Waals surface area contributed by atoms with Gasteiger partial charge >= 0.3 is 0 Å². The molecule has 0 unspecified atom stereocenters. The summed E-state index contributed by atoms with van der Waals surface area (Å²) in [5, 5.41) is 44.8. The largest absolute Gasteiger partial charge is 0.394 e. The Morgan fingerprint density at radius 1 is 0.923 bits per heavy atom. The van der Waals surface area contributed by atoms with Crippen LogP contribution in [0.5, 0.6) is 0 Å². The van der Waals surface area contributed by atoms with Crippen molar-refractivity contribution < 1.29 is 25.2 Å². The van der Waals surface area contributed by atoms with Crippen molar-refractivity contribution in [2.45, 2.75) is 36.9 Å². The maximum absolute atomic E-state index is 10.3. The quantitative estimate of drug-likeness (QED) is 0.546. The SMILES string of the molecule is OC[C@H]1O[C@@H](c2cc(Cc3ccc4sccc4c3)cs2)[C@H](O)[C@@H](O)[C@@H]1O. The molecule has 5 atom stereocenters. The van der Waals surface area contributed by atoms with Crippen LogP contribution in [0.3, 0.4) is 0 Å². The fourth-order valence-corrected chi connectivity index (χ4v) is 5.09. The van der Waals surface area contributed by atoms with Crippen molar-refractivity contribution in [3.63, 3.8) is 0 Å². The number of thiophene rings is 2. The molecule has 0 amide bonds. The van der Waals surface area contributed by atoms with Gasteiger partial charge < -0.3 is 25.2 Å². The van der Waals surface area contributed by atoms with Gasteiger partial charge in [-0.2, -0.15) is 0 Å². The van der Waals surface area contributed by atoms with Crippen molar-refractivity contribution >= 4 is 32.8 Å². The Hall–Kier alpha value is -1.32. The van der Waals surface area contributed by atoms with E-state index in [0.717, 1.165) is 16.9 Å². The van der Waals surface area contributed by atoms with Crippen LogP contribution in [0, 0.1) is 0 Å². The lowest BCUT2D eigenvalue weighted by molar-refractivity contribution is -0.230. The van der Waals surface area contributed by atoms with Crippen molar-refractivity contribution in [3.05, 3.63) is 57.1 Å². The highest BCUT2D eigenvalue weighted by atomic mass is 32.1. The zero-order chi connectivity index (χ0) is 18.3. The van der Waals surface area contributed by atoms with E-state index in [2.05, 4.69) is 29.6 Å². The third kappa shape index (κ3) is 3.32. The molecule has 7 heteroatoms. The van der Waals surface area contributed by atoms with Crippen LogP contribution in [0.25, 0.3) is 10.1 Å². The van der Waals surface area contributed by atoms with Crippen LogP contribution in [0.4, 0.5) is 0 Å². The number of rotatable bonds is 4. The van der Waals surface area contributed by atoms with Crippen LogP contribution in [0.2, 0.25) is 0 Å². The lowest BCUT2D eigenvalue weighted by atomic mass is 9.94. The second kappa shape index (κ2) is 7.36. The topological polar surface area (TPSA) is 90.2 Å². The Labute approximate surface area is 158 Å². The highest BCUT2D eigenvalue weighted by Crippen LogP contribution is 2.36. The van der Waals surface area contributed by atoms with E-state index >= 15 is 0 Å². The van der Waals surface area contributed by atoms with Crippen molar-refractivity contribution in [2.24, 2.45) is 0 Å². The molecule has 1 aromatic carbocycles. The van der Waals surface area contributed by atoms with Crippen molar-refractivity contribution in [1.82, 2.24) is 0 Å². The first-order valence-corrected chi connectivity index (χ1v) is 10.2. The Bertz CT molecular complexity index is 887. The Morgan fingerprint density at radius 3 is 2.58 bits per heavy atom. The van der Waals surface area contributed by atoms with E-state index in [1.165, 1.54) is 27.0 Å². The average molecular weight is 392 g/mol. The molecule has 4 rings (SSSR count). The van der Waals surface area contributed by atoms with Gasteiger partial charge in [0.25, 0.3) is 0 Å². The molecule has 0 aliphatic carbocycles. The first-order chi connectivity index (χ1) is 12.6. The summed E-state index contributed by atoms with van der Waals surface area (Å²) in [6.07, 6.45) is -4.80. The van der Waals surface area contributed by atoms with Gasteiger partial charge in [0, 0.05) is 9.58 Å². The number of ether oxygens (including phenoxy) is 1. The predicted octanol–water partition coefficient (Wildman–Crippen LogP) is 2.07. The van der Waals surface area contributed by atoms with Crippen molar-refractivity contribution in [2.75, 3.05) is 6.61 Å². The van der Waals surface area contributed by atoms with Gasteiger partial charge in [0.2, 0.25) is 0 Å². The first-order valence-electron chi connectivity index (χ1n) is 8.41. The highest BCUT2D eigenvalue weighted by Gasteiger charge is 2.44. The summed E-state index contributed by atoms with van der Waals surface area (Å²) in [6, 6.07) is 10.5. The zero-order valence-electron chi connectivity index (χ0n) is 13.9. The second-order valence-electron chi connectivity index (χ2n) is 6.58. The first kappa shape index (κ1) is 18.1. The van der Waals surface area contributed by atoms with Crippen LogP contribution < -0.4 is 0 Å². The van der Waals surface area contributed by atoms with E-state index in [1.54, 1.807) is 11.3 Å². The standard InChI is InChI=1S/C19H20O5S2/c20-8-13-16(21)17(22)18(23)19(24-13)15-7-11(9-26-15)5-10-1-2-14-12(6-10)3-4-25-14/h1-4,6-7,9,13,16-23H,5,8H2/t13-,16-,17+,18-,19+/m1/s1. The molecule has 5 nitrogen and oxygen atoms in total. The number of aliphatic hydroxyl groups is 4. The van der Waals surface area contributed by atoms with Gasteiger partial charge in [-0.25, -0.2) is 0 Å². The van der Waals surface area contributed by atoms with Gasteiger partial charge in [-0.05, 0) is 58.0 Å². The molecule has 4 N–H and O–H groups in total. The summed E-state index contributed by atoms with van der Waals surface area (Å²) in [7, 11) is 0. The second-order valence-corrected chi connectivity index (χ2v) is 8.47. The van der Waals surface area contributed by atoms with E-state index in [-0.39, 0.29) is 0 Å². The van der Waals surface area contributed by atoms with E-state index in [1.807, 2.05) is 11.4 Å². The smallest absolute Gasteiger partial charge is 0.121 e. The average Bonchev–Trinajstić information content (AvgIpc) is 3.29. The summed E-state index contributed by atoms with van der Waals surface area (Å²) in [6.45, 7) is -0.416. The molecule has 3 aromatic rings. The van der Waals surface area contributed by atoms with Gasteiger partial charge in [0.05, 0.1) is 6.61 Å². The summed E-state index contributed by atoms with van der Waals surface area (Å²) in [5.74, 6) is 0. The van der Waals surface area contributed by atoms with Crippen LogP contribution in [0.15, 0.2) is 41.1 Å². The summed E-state index contributed by atoms with van der Waals surface area (Å²) < 4.78 is 6.89.